The van der Waals surface area contributed by atoms with Gasteiger partial charge in [0.1, 0.15) is 0 Å². The van der Waals surface area contributed by atoms with Gasteiger partial charge >= 0.3 is 0 Å². The average Bonchev–Trinajstić information content (AvgIpc) is 2.80. The maximum atomic E-state index is 5.89. The molecule has 1 aromatic rings. The predicted octanol–water partition coefficient (Wildman–Crippen LogP) is 3.99. The number of nitrogens with zero attached hydrogens (tertiary/aromatic N) is 2. The maximum Gasteiger partial charge on any atom is 0.0762 e. The third-order valence-electron chi connectivity index (χ3n) is 3.68. The van der Waals surface area contributed by atoms with Crippen molar-refractivity contribution < 1.29 is 0 Å². The summed E-state index contributed by atoms with van der Waals surface area (Å²) in [5.74, 6) is 0.691. The molecule has 0 saturated heterocycles. The van der Waals surface area contributed by atoms with Crippen LogP contribution in [0.1, 0.15) is 59.2 Å². The number of halogens is 1. The first-order valence-corrected chi connectivity index (χ1v) is 7.75. The summed E-state index contributed by atoms with van der Waals surface area (Å²) in [4.78, 5) is 0. The number of alkyl halides is 1. The van der Waals surface area contributed by atoms with Crippen LogP contribution in [0.3, 0.4) is 0 Å². The van der Waals surface area contributed by atoms with Gasteiger partial charge in [-0.3, -0.25) is 4.68 Å². The third kappa shape index (κ3) is 5.15. The highest BCUT2D eigenvalue weighted by Crippen LogP contribution is 2.22. The van der Waals surface area contributed by atoms with E-state index < -0.39 is 0 Å². The van der Waals surface area contributed by atoms with Gasteiger partial charge in [-0.1, -0.05) is 27.7 Å². The summed E-state index contributed by atoms with van der Waals surface area (Å²) in [5.41, 5.74) is 1.32. The summed E-state index contributed by atoms with van der Waals surface area (Å²) in [7, 11) is 0. The number of hydrogen-bond acceptors (Lipinski definition) is 2. The molecule has 0 spiro atoms. The molecule has 0 aromatic carbocycles. The van der Waals surface area contributed by atoms with Gasteiger partial charge in [0, 0.05) is 30.7 Å². The minimum absolute atomic E-state index is 0.216. The maximum absolute atomic E-state index is 5.89. The van der Waals surface area contributed by atoms with Crippen LogP contribution < -0.4 is 5.32 Å². The van der Waals surface area contributed by atoms with Crippen molar-refractivity contribution in [2.45, 2.75) is 66.1 Å². The zero-order chi connectivity index (χ0) is 14.5. The van der Waals surface area contributed by atoms with E-state index in [1.807, 2.05) is 4.68 Å². The van der Waals surface area contributed by atoms with Crippen molar-refractivity contribution in [3.05, 3.63) is 18.0 Å². The molecular formula is C15H28ClN3. The predicted molar refractivity (Wildman–Crippen MR) is 82.6 cm³/mol. The van der Waals surface area contributed by atoms with Gasteiger partial charge in [0.15, 0.2) is 0 Å². The van der Waals surface area contributed by atoms with Gasteiger partial charge in [-0.05, 0) is 31.2 Å². The van der Waals surface area contributed by atoms with Crippen molar-refractivity contribution in [3.8, 4) is 0 Å². The summed E-state index contributed by atoms with van der Waals surface area (Å²) in [6.07, 6.45) is 4.15. The van der Waals surface area contributed by atoms with Crippen LogP contribution in [-0.4, -0.2) is 21.7 Å². The van der Waals surface area contributed by atoms with E-state index in [0.29, 0.717) is 18.0 Å². The van der Waals surface area contributed by atoms with Gasteiger partial charge in [-0.2, -0.15) is 5.10 Å². The molecule has 4 heteroatoms. The highest BCUT2D eigenvalue weighted by Gasteiger charge is 2.23. The molecule has 0 bridgehead atoms. The number of aromatic nitrogens is 2. The minimum Gasteiger partial charge on any atom is -0.308 e. The second-order valence-corrected chi connectivity index (χ2v) is 6.70. The molecule has 0 aliphatic rings. The molecular weight excluding hydrogens is 258 g/mol. The fourth-order valence-electron chi connectivity index (χ4n) is 2.08. The molecule has 0 fully saturated rings. The highest BCUT2D eigenvalue weighted by atomic mass is 35.5. The van der Waals surface area contributed by atoms with Crippen LogP contribution in [0.25, 0.3) is 0 Å². The summed E-state index contributed by atoms with van der Waals surface area (Å²) < 4.78 is 2.05. The molecule has 1 aromatic heterocycles. The highest BCUT2D eigenvalue weighted by molar-refractivity contribution is 6.17. The van der Waals surface area contributed by atoms with Crippen LogP contribution >= 0.6 is 11.6 Å². The minimum atomic E-state index is 0.216. The molecule has 0 radical (unpaired) electrons. The zero-order valence-electron chi connectivity index (χ0n) is 12.9. The van der Waals surface area contributed by atoms with E-state index in [1.54, 1.807) is 0 Å². The van der Waals surface area contributed by atoms with Crippen LogP contribution in [0.5, 0.6) is 0 Å². The zero-order valence-corrected chi connectivity index (χ0v) is 13.7. The van der Waals surface area contributed by atoms with Crippen LogP contribution in [0, 0.1) is 5.41 Å². The van der Waals surface area contributed by atoms with E-state index in [1.165, 1.54) is 0 Å². The summed E-state index contributed by atoms with van der Waals surface area (Å²) in [6.45, 7) is 11.9. The van der Waals surface area contributed by atoms with E-state index in [-0.39, 0.29) is 5.41 Å². The van der Waals surface area contributed by atoms with Crippen molar-refractivity contribution in [1.82, 2.24) is 15.1 Å². The Morgan fingerprint density at radius 3 is 2.63 bits per heavy atom. The SMILES string of the molecule is CCC(C)n1ccc(CNC(CCCl)C(C)(C)C)n1. The Hall–Kier alpha value is -0.540. The smallest absolute Gasteiger partial charge is 0.0762 e. The van der Waals surface area contributed by atoms with Crippen molar-refractivity contribution in [1.29, 1.82) is 0 Å². The van der Waals surface area contributed by atoms with Crippen LogP contribution in [-0.2, 0) is 6.54 Å². The molecule has 1 N–H and O–H groups in total. The number of nitrogens with one attached hydrogen (secondary N) is 1. The summed E-state index contributed by atoms with van der Waals surface area (Å²) in [6, 6.07) is 2.98. The van der Waals surface area contributed by atoms with Crippen LogP contribution in [0.2, 0.25) is 0 Å². The first-order valence-electron chi connectivity index (χ1n) is 7.21. The van der Waals surface area contributed by atoms with Crippen LogP contribution in [0.15, 0.2) is 12.3 Å². The van der Waals surface area contributed by atoms with Gasteiger partial charge < -0.3 is 5.32 Å². The molecule has 2 unspecified atom stereocenters. The molecule has 2 atom stereocenters. The molecule has 3 nitrogen and oxygen atoms in total. The Morgan fingerprint density at radius 2 is 2.11 bits per heavy atom. The quantitative estimate of drug-likeness (QED) is 0.768. The third-order valence-corrected chi connectivity index (χ3v) is 3.90. The van der Waals surface area contributed by atoms with Gasteiger partial charge in [0.25, 0.3) is 0 Å². The van der Waals surface area contributed by atoms with Gasteiger partial charge in [0.2, 0.25) is 0 Å². The Bertz CT molecular complexity index is 368. The lowest BCUT2D eigenvalue weighted by Gasteiger charge is -2.31. The molecule has 110 valence electrons. The fourth-order valence-corrected chi connectivity index (χ4v) is 2.30. The summed E-state index contributed by atoms with van der Waals surface area (Å²) >= 11 is 5.89. The second-order valence-electron chi connectivity index (χ2n) is 6.32. The fraction of sp³-hybridized carbons (Fsp3) is 0.800. The average molecular weight is 286 g/mol. The van der Waals surface area contributed by atoms with E-state index in [0.717, 1.165) is 25.1 Å². The standard InChI is InChI=1S/C15H28ClN3/c1-6-12(2)19-10-8-13(18-19)11-17-14(7-9-16)15(3,4)5/h8,10,12,14,17H,6-7,9,11H2,1-5H3. The molecule has 1 rings (SSSR count). The largest absolute Gasteiger partial charge is 0.308 e. The lowest BCUT2D eigenvalue weighted by molar-refractivity contribution is 0.259. The Morgan fingerprint density at radius 1 is 1.42 bits per heavy atom. The van der Waals surface area contributed by atoms with E-state index in [2.05, 4.69) is 57.3 Å². The first kappa shape index (κ1) is 16.5. The molecule has 0 aliphatic heterocycles. The molecule has 0 saturated carbocycles. The van der Waals surface area contributed by atoms with Gasteiger partial charge in [0.05, 0.1) is 5.69 Å². The first-order chi connectivity index (χ1) is 8.88. The van der Waals surface area contributed by atoms with Crippen molar-refractivity contribution in [2.75, 3.05) is 5.88 Å². The van der Waals surface area contributed by atoms with Gasteiger partial charge in [-0.25, -0.2) is 0 Å². The van der Waals surface area contributed by atoms with Crippen molar-refractivity contribution >= 4 is 11.6 Å². The number of rotatable bonds is 7. The lowest BCUT2D eigenvalue weighted by Crippen LogP contribution is -2.40. The topological polar surface area (TPSA) is 29.9 Å². The van der Waals surface area contributed by atoms with Crippen LogP contribution in [0.4, 0.5) is 0 Å². The lowest BCUT2D eigenvalue weighted by atomic mass is 9.85. The van der Waals surface area contributed by atoms with E-state index in [4.69, 9.17) is 11.6 Å². The molecule has 1 heterocycles. The molecule has 0 amide bonds. The van der Waals surface area contributed by atoms with E-state index >= 15 is 0 Å². The molecule has 0 aliphatic carbocycles. The monoisotopic (exact) mass is 285 g/mol. The number of hydrogen-bond donors (Lipinski definition) is 1. The normalized spacial score (nSPS) is 15.5. The Labute approximate surface area is 122 Å². The van der Waals surface area contributed by atoms with Crippen molar-refractivity contribution in [3.63, 3.8) is 0 Å². The van der Waals surface area contributed by atoms with E-state index in [9.17, 15) is 0 Å². The Kier molecular flexibility index (Phi) is 6.34. The van der Waals surface area contributed by atoms with Gasteiger partial charge in [-0.15, -0.1) is 11.6 Å². The molecule has 19 heavy (non-hydrogen) atoms. The Balaban J connectivity index is 2.57. The second kappa shape index (κ2) is 7.30. The van der Waals surface area contributed by atoms with Crippen molar-refractivity contribution in [2.24, 2.45) is 5.41 Å². The summed E-state index contributed by atoms with van der Waals surface area (Å²) in [5, 5.41) is 8.20.